The van der Waals surface area contributed by atoms with Crippen molar-refractivity contribution >= 4 is 0 Å². The van der Waals surface area contributed by atoms with Gasteiger partial charge in [0.15, 0.2) is 0 Å². The monoisotopic (exact) mass is 287 g/mol. The lowest BCUT2D eigenvalue weighted by molar-refractivity contribution is 0.00304. The van der Waals surface area contributed by atoms with Crippen LogP contribution in [0.2, 0.25) is 0 Å². The summed E-state index contributed by atoms with van der Waals surface area (Å²) < 4.78 is 10.5. The van der Waals surface area contributed by atoms with Crippen LogP contribution in [0.1, 0.15) is 39.5 Å². The molecular formula is C16H33NO3. The maximum Gasteiger partial charge on any atom is 0.0615 e. The van der Waals surface area contributed by atoms with Gasteiger partial charge in [0.1, 0.15) is 0 Å². The predicted octanol–water partition coefficient (Wildman–Crippen LogP) is 2.16. The second-order valence-electron chi connectivity index (χ2n) is 6.21. The number of aliphatic hydroxyl groups excluding tert-OH is 1. The fourth-order valence-electron chi connectivity index (χ4n) is 3.26. The summed E-state index contributed by atoms with van der Waals surface area (Å²) in [6.45, 7) is 7.76. The zero-order valence-electron chi connectivity index (χ0n) is 13.7. The summed E-state index contributed by atoms with van der Waals surface area (Å²) in [5.74, 6) is 1.18. The van der Waals surface area contributed by atoms with Crippen molar-refractivity contribution in [3.63, 3.8) is 0 Å². The first-order valence-electron chi connectivity index (χ1n) is 8.02. The minimum Gasteiger partial charge on any atom is -0.393 e. The van der Waals surface area contributed by atoms with E-state index >= 15 is 0 Å². The van der Waals surface area contributed by atoms with Crippen molar-refractivity contribution in [3.05, 3.63) is 0 Å². The Morgan fingerprint density at radius 2 is 2.00 bits per heavy atom. The Morgan fingerprint density at radius 3 is 2.60 bits per heavy atom. The van der Waals surface area contributed by atoms with Crippen LogP contribution in [0.25, 0.3) is 0 Å². The van der Waals surface area contributed by atoms with Gasteiger partial charge in [-0.1, -0.05) is 13.3 Å². The Balaban J connectivity index is 2.56. The number of aliphatic hydroxyl groups is 1. The van der Waals surface area contributed by atoms with Crippen molar-refractivity contribution in [1.82, 2.24) is 4.90 Å². The Kier molecular flexibility index (Phi) is 8.69. The SMILES string of the molecule is CCC1CCC(O)C(CN(CCOC)C(C)COC)C1. The van der Waals surface area contributed by atoms with Crippen LogP contribution in [0, 0.1) is 11.8 Å². The van der Waals surface area contributed by atoms with E-state index in [-0.39, 0.29) is 6.10 Å². The summed E-state index contributed by atoms with van der Waals surface area (Å²) in [6.07, 6.45) is 4.38. The van der Waals surface area contributed by atoms with Gasteiger partial charge in [-0.15, -0.1) is 0 Å². The molecule has 4 atom stereocenters. The van der Waals surface area contributed by atoms with Crippen LogP contribution in [-0.4, -0.2) is 62.7 Å². The smallest absolute Gasteiger partial charge is 0.0615 e. The van der Waals surface area contributed by atoms with Crippen LogP contribution in [-0.2, 0) is 9.47 Å². The number of hydrogen-bond donors (Lipinski definition) is 1. The fraction of sp³-hybridized carbons (Fsp3) is 1.00. The molecule has 0 aromatic heterocycles. The van der Waals surface area contributed by atoms with Crippen molar-refractivity contribution in [1.29, 1.82) is 0 Å². The molecule has 4 heteroatoms. The normalized spacial score (nSPS) is 28.8. The third-order valence-corrected chi connectivity index (χ3v) is 4.71. The third kappa shape index (κ3) is 5.68. The molecule has 1 aliphatic carbocycles. The van der Waals surface area contributed by atoms with E-state index in [9.17, 15) is 5.11 Å². The van der Waals surface area contributed by atoms with E-state index in [2.05, 4.69) is 18.7 Å². The molecule has 0 saturated heterocycles. The van der Waals surface area contributed by atoms with Crippen LogP contribution in [0.4, 0.5) is 0 Å². The van der Waals surface area contributed by atoms with Crippen LogP contribution in [0.15, 0.2) is 0 Å². The molecular weight excluding hydrogens is 254 g/mol. The lowest BCUT2D eigenvalue weighted by Crippen LogP contribution is -2.45. The van der Waals surface area contributed by atoms with Crippen molar-refractivity contribution in [2.45, 2.75) is 51.7 Å². The standard InChI is InChI=1S/C16H33NO3/c1-5-14-6-7-16(18)15(10-14)11-17(8-9-19-3)13(2)12-20-4/h13-16,18H,5-12H2,1-4H3. The lowest BCUT2D eigenvalue weighted by Gasteiger charge is -2.38. The van der Waals surface area contributed by atoms with Gasteiger partial charge >= 0.3 is 0 Å². The third-order valence-electron chi connectivity index (χ3n) is 4.71. The molecule has 20 heavy (non-hydrogen) atoms. The summed E-state index contributed by atoms with van der Waals surface area (Å²) in [6, 6.07) is 0.365. The first kappa shape index (κ1) is 17.9. The predicted molar refractivity (Wildman–Crippen MR) is 81.9 cm³/mol. The molecule has 0 aromatic rings. The summed E-state index contributed by atoms with van der Waals surface area (Å²) in [4.78, 5) is 2.40. The van der Waals surface area contributed by atoms with Gasteiger partial charge in [0.25, 0.3) is 0 Å². The fourth-order valence-corrected chi connectivity index (χ4v) is 3.26. The first-order chi connectivity index (χ1) is 9.62. The number of rotatable bonds is 9. The van der Waals surface area contributed by atoms with Gasteiger partial charge in [0.2, 0.25) is 0 Å². The zero-order valence-corrected chi connectivity index (χ0v) is 13.7. The van der Waals surface area contributed by atoms with Crippen LogP contribution < -0.4 is 0 Å². The number of methoxy groups -OCH3 is 2. The average molecular weight is 287 g/mol. The Hall–Kier alpha value is -0.160. The van der Waals surface area contributed by atoms with Crippen LogP contribution >= 0.6 is 0 Å². The van der Waals surface area contributed by atoms with Crippen molar-refractivity contribution < 1.29 is 14.6 Å². The second-order valence-corrected chi connectivity index (χ2v) is 6.21. The van der Waals surface area contributed by atoms with E-state index in [1.807, 2.05) is 0 Å². The van der Waals surface area contributed by atoms with E-state index in [0.717, 1.165) is 45.1 Å². The largest absolute Gasteiger partial charge is 0.393 e. The molecule has 120 valence electrons. The second kappa shape index (κ2) is 9.72. The first-order valence-corrected chi connectivity index (χ1v) is 8.02. The van der Waals surface area contributed by atoms with Gasteiger partial charge in [-0.05, 0) is 38.0 Å². The van der Waals surface area contributed by atoms with Crippen molar-refractivity contribution in [2.24, 2.45) is 11.8 Å². The highest BCUT2D eigenvalue weighted by Gasteiger charge is 2.30. The average Bonchev–Trinajstić information content (AvgIpc) is 2.45. The van der Waals surface area contributed by atoms with E-state index in [4.69, 9.17) is 9.47 Å². The Morgan fingerprint density at radius 1 is 1.25 bits per heavy atom. The lowest BCUT2D eigenvalue weighted by atomic mass is 9.78. The highest BCUT2D eigenvalue weighted by molar-refractivity contribution is 4.83. The van der Waals surface area contributed by atoms with Gasteiger partial charge < -0.3 is 14.6 Å². The van der Waals surface area contributed by atoms with Gasteiger partial charge in [-0.25, -0.2) is 0 Å². The van der Waals surface area contributed by atoms with Gasteiger partial charge in [-0.2, -0.15) is 0 Å². The maximum atomic E-state index is 10.3. The topological polar surface area (TPSA) is 41.9 Å². The molecule has 1 rings (SSSR count). The number of ether oxygens (including phenoxy) is 2. The molecule has 0 radical (unpaired) electrons. The Bertz CT molecular complexity index is 250. The van der Waals surface area contributed by atoms with Crippen LogP contribution in [0.3, 0.4) is 0 Å². The van der Waals surface area contributed by atoms with Gasteiger partial charge in [0, 0.05) is 33.4 Å². The molecule has 0 aliphatic heterocycles. The molecule has 0 bridgehead atoms. The quantitative estimate of drug-likeness (QED) is 0.705. The molecule has 1 N–H and O–H groups in total. The highest BCUT2D eigenvalue weighted by atomic mass is 16.5. The molecule has 0 amide bonds. The summed E-state index contributed by atoms with van der Waals surface area (Å²) >= 11 is 0. The minimum absolute atomic E-state index is 0.141. The Labute approximate surface area is 124 Å². The van der Waals surface area contributed by atoms with Gasteiger partial charge in [0.05, 0.1) is 19.3 Å². The molecule has 0 heterocycles. The van der Waals surface area contributed by atoms with Crippen molar-refractivity contribution in [2.75, 3.05) is 40.5 Å². The molecule has 1 saturated carbocycles. The van der Waals surface area contributed by atoms with Crippen molar-refractivity contribution in [3.8, 4) is 0 Å². The molecule has 1 fully saturated rings. The van der Waals surface area contributed by atoms with E-state index in [0.29, 0.717) is 12.0 Å². The molecule has 4 nitrogen and oxygen atoms in total. The number of hydrogen-bond acceptors (Lipinski definition) is 4. The van der Waals surface area contributed by atoms with Crippen LogP contribution in [0.5, 0.6) is 0 Å². The van der Waals surface area contributed by atoms with E-state index in [1.165, 1.54) is 12.8 Å². The summed E-state index contributed by atoms with van der Waals surface area (Å²) in [5, 5.41) is 10.3. The highest BCUT2D eigenvalue weighted by Crippen LogP contribution is 2.32. The molecule has 1 aliphatic rings. The van der Waals surface area contributed by atoms with E-state index in [1.54, 1.807) is 14.2 Å². The summed E-state index contributed by atoms with van der Waals surface area (Å²) in [7, 11) is 3.48. The molecule has 0 spiro atoms. The molecule has 0 aromatic carbocycles. The molecule has 4 unspecified atom stereocenters. The summed E-state index contributed by atoms with van der Waals surface area (Å²) in [5.41, 5.74) is 0. The minimum atomic E-state index is -0.141. The maximum absolute atomic E-state index is 10.3. The number of nitrogens with zero attached hydrogens (tertiary/aromatic N) is 1. The zero-order chi connectivity index (χ0) is 15.0. The van der Waals surface area contributed by atoms with E-state index < -0.39 is 0 Å². The van der Waals surface area contributed by atoms with Gasteiger partial charge in [-0.3, -0.25) is 4.90 Å².